The number of carbonyl (C=O) groups excluding carboxylic acids is 2. The molecule has 1 saturated heterocycles. The van der Waals surface area contributed by atoms with Crippen LogP contribution in [0.15, 0.2) is 59.7 Å². The number of fused-ring (bicyclic) bond motifs is 5. The number of phenolic OH excluding ortho intramolecular Hbond substituents is 2. The summed E-state index contributed by atoms with van der Waals surface area (Å²) in [6, 6.07) is 14.7. The van der Waals surface area contributed by atoms with Gasteiger partial charge in [-0.2, -0.15) is 0 Å². The summed E-state index contributed by atoms with van der Waals surface area (Å²) in [5, 5.41) is 44.4. The van der Waals surface area contributed by atoms with Crippen LogP contribution in [0.2, 0.25) is 0 Å². The molecule has 4 saturated carbocycles. The van der Waals surface area contributed by atoms with Crippen molar-refractivity contribution in [2.24, 2.45) is 45.3 Å². The van der Waals surface area contributed by atoms with Gasteiger partial charge in [0.2, 0.25) is 0 Å². The van der Waals surface area contributed by atoms with Gasteiger partial charge in [-0.1, -0.05) is 77.8 Å². The molecular formula is C46H60O7. The number of ether oxygens (including phenoxy) is 1. The van der Waals surface area contributed by atoms with E-state index in [9.17, 15) is 30.0 Å². The molecule has 5 fully saturated rings. The Morgan fingerprint density at radius 3 is 2.23 bits per heavy atom. The quantitative estimate of drug-likeness (QED) is 0.211. The van der Waals surface area contributed by atoms with E-state index in [1.807, 2.05) is 32.0 Å². The molecule has 0 spiro atoms. The van der Waals surface area contributed by atoms with E-state index in [-0.39, 0.29) is 75.5 Å². The normalized spacial score (nSPS) is 42.8. The number of Topliss-reactive ketones (excluding diaryl/α,β-unsaturated/α-hetero) is 2. The number of carbonyl (C=O) groups is 2. The highest BCUT2D eigenvalue weighted by Crippen LogP contribution is 2.75. The Morgan fingerprint density at radius 2 is 1.55 bits per heavy atom. The minimum atomic E-state index is -0.761. The van der Waals surface area contributed by atoms with E-state index in [4.69, 9.17) is 4.74 Å². The SMILES string of the molecule is CC(CC(O)C1OC1(C)C1CCCC1c1cccc(O)c1)C1=C2CCC3C4(C)CC(c5cccc(O)c5)C(=O)C(C)(C)C4C(O)CC3(C)C2(C)CC1=O. The highest BCUT2D eigenvalue weighted by Gasteiger charge is 2.71. The Labute approximate surface area is 315 Å². The molecule has 2 aromatic rings. The van der Waals surface area contributed by atoms with Crippen molar-refractivity contribution >= 4 is 11.6 Å². The second kappa shape index (κ2) is 12.2. The van der Waals surface area contributed by atoms with Crippen molar-refractivity contribution in [1.29, 1.82) is 0 Å². The molecule has 7 heteroatoms. The number of hydrogen-bond donors (Lipinski definition) is 4. The molecular weight excluding hydrogens is 664 g/mol. The first-order valence-electron chi connectivity index (χ1n) is 20.3. The number of rotatable bonds is 7. The molecule has 13 atom stereocenters. The lowest BCUT2D eigenvalue weighted by molar-refractivity contribution is -0.219. The first kappa shape index (κ1) is 36.9. The zero-order valence-electron chi connectivity index (χ0n) is 32.7. The van der Waals surface area contributed by atoms with Crippen LogP contribution in [0.4, 0.5) is 0 Å². The van der Waals surface area contributed by atoms with Gasteiger partial charge in [-0.3, -0.25) is 9.59 Å². The molecule has 5 aliphatic carbocycles. The number of epoxide rings is 1. The van der Waals surface area contributed by atoms with E-state index in [2.05, 4.69) is 40.7 Å². The Kier molecular flexibility index (Phi) is 8.54. The Balaban J connectivity index is 1.05. The summed E-state index contributed by atoms with van der Waals surface area (Å²) < 4.78 is 6.40. The number of allylic oxidation sites excluding steroid dienone is 2. The van der Waals surface area contributed by atoms with Crippen LogP contribution in [0.5, 0.6) is 11.5 Å². The number of aliphatic hydroxyl groups excluding tert-OH is 2. The Morgan fingerprint density at radius 1 is 0.887 bits per heavy atom. The summed E-state index contributed by atoms with van der Waals surface area (Å²) in [6.45, 7) is 15.1. The van der Waals surface area contributed by atoms with E-state index in [1.54, 1.807) is 24.3 Å². The molecule has 8 rings (SSSR count). The average molecular weight is 725 g/mol. The van der Waals surface area contributed by atoms with Gasteiger partial charge in [0.25, 0.3) is 0 Å². The molecule has 0 aromatic heterocycles. The molecule has 4 N–H and O–H groups in total. The molecule has 1 aliphatic heterocycles. The molecule has 53 heavy (non-hydrogen) atoms. The maximum atomic E-state index is 14.3. The molecule has 2 aromatic carbocycles. The second-order valence-electron chi connectivity index (χ2n) is 19.7. The van der Waals surface area contributed by atoms with Gasteiger partial charge in [0.1, 0.15) is 23.4 Å². The minimum Gasteiger partial charge on any atom is -0.508 e. The summed E-state index contributed by atoms with van der Waals surface area (Å²) in [7, 11) is 0. The fourth-order valence-corrected chi connectivity index (χ4v) is 14.3. The third-order valence-corrected chi connectivity index (χ3v) is 16.6. The van der Waals surface area contributed by atoms with Crippen molar-refractivity contribution in [2.75, 3.05) is 0 Å². The number of phenols is 2. The molecule has 7 nitrogen and oxygen atoms in total. The predicted molar refractivity (Wildman–Crippen MR) is 203 cm³/mol. The van der Waals surface area contributed by atoms with Crippen LogP contribution in [-0.2, 0) is 14.3 Å². The van der Waals surface area contributed by atoms with Gasteiger partial charge in [-0.15, -0.1) is 0 Å². The van der Waals surface area contributed by atoms with Gasteiger partial charge in [0.05, 0.1) is 17.8 Å². The topological polar surface area (TPSA) is 128 Å². The van der Waals surface area contributed by atoms with E-state index in [0.717, 1.165) is 48.8 Å². The third kappa shape index (κ3) is 5.29. The summed E-state index contributed by atoms with van der Waals surface area (Å²) >= 11 is 0. The molecule has 1 heterocycles. The van der Waals surface area contributed by atoms with Crippen molar-refractivity contribution < 1.29 is 34.8 Å². The first-order valence-corrected chi connectivity index (χ1v) is 20.3. The molecule has 13 unspecified atom stereocenters. The van der Waals surface area contributed by atoms with Gasteiger partial charge in [0.15, 0.2) is 5.78 Å². The fourth-order valence-electron chi connectivity index (χ4n) is 14.3. The first-order chi connectivity index (χ1) is 24.9. The maximum Gasteiger partial charge on any atom is 0.159 e. The van der Waals surface area contributed by atoms with E-state index in [1.165, 1.54) is 5.57 Å². The fraction of sp³-hybridized carbons (Fsp3) is 0.652. The van der Waals surface area contributed by atoms with Crippen molar-refractivity contribution in [3.05, 3.63) is 70.8 Å². The highest BCUT2D eigenvalue weighted by molar-refractivity contribution is 6.00. The Hall–Kier alpha value is -3.00. The number of aliphatic hydroxyl groups is 2. The Bertz CT molecular complexity index is 1860. The number of benzene rings is 2. The van der Waals surface area contributed by atoms with Crippen LogP contribution in [0, 0.1) is 45.3 Å². The van der Waals surface area contributed by atoms with Crippen LogP contribution in [-0.4, -0.2) is 55.9 Å². The van der Waals surface area contributed by atoms with Crippen LogP contribution in [0.1, 0.15) is 129 Å². The summed E-state index contributed by atoms with van der Waals surface area (Å²) in [4.78, 5) is 28.5. The molecule has 286 valence electrons. The van der Waals surface area contributed by atoms with Crippen molar-refractivity contribution in [2.45, 2.75) is 142 Å². The molecule has 0 bridgehead atoms. The van der Waals surface area contributed by atoms with Gasteiger partial charge in [-0.05, 0) is 127 Å². The van der Waals surface area contributed by atoms with Gasteiger partial charge in [0, 0.05) is 29.1 Å². The standard InChI is InChI=1S/C46H60O7/c1-25(19-34(49)41-46(7,53-41)32-16-10-15-30(32)26-11-8-13-28(47)20-26)38-33-17-18-37-43(4)22-31(27-12-9-14-29(48)21-27)40(52)42(2,3)39(43)36(51)24-45(37,6)44(33,5)23-35(38)50/h8-9,11-14,20-21,25,30-32,34,36-37,39,41,47-49,51H,10,15-19,22-24H2,1-7H3. The van der Waals surface area contributed by atoms with E-state index in [0.29, 0.717) is 25.7 Å². The van der Waals surface area contributed by atoms with Crippen LogP contribution in [0.3, 0.4) is 0 Å². The van der Waals surface area contributed by atoms with Gasteiger partial charge < -0.3 is 25.2 Å². The van der Waals surface area contributed by atoms with Gasteiger partial charge in [-0.25, -0.2) is 0 Å². The highest BCUT2D eigenvalue weighted by atomic mass is 16.6. The molecule has 0 radical (unpaired) electrons. The third-order valence-electron chi connectivity index (χ3n) is 16.6. The van der Waals surface area contributed by atoms with Crippen LogP contribution < -0.4 is 0 Å². The van der Waals surface area contributed by atoms with Crippen molar-refractivity contribution in [3.8, 4) is 11.5 Å². The van der Waals surface area contributed by atoms with Crippen LogP contribution >= 0.6 is 0 Å². The maximum absolute atomic E-state index is 14.3. The lowest BCUT2D eigenvalue weighted by Gasteiger charge is -2.69. The number of aromatic hydroxyl groups is 2. The monoisotopic (exact) mass is 724 g/mol. The number of hydrogen-bond acceptors (Lipinski definition) is 7. The summed E-state index contributed by atoms with van der Waals surface area (Å²) in [5.41, 5.74) is 1.67. The summed E-state index contributed by atoms with van der Waals surface area (Å²) in [5.74, 6) is 0.704. The van der Waals surface area contributed by atoms with Gasteiger partial charge >= 0.3 is 0 Å². The zero-order valence-corrected chi connectivity index (χ0v) is 32.7. The summed E-state index contributed by atoms with van der Waals surface area (Å²) in [6.07, 6.45) is 5.14. The molecule has 6 aliphatic rings. The van der Waals surface area contributed by atoms with E-state index >= 15 is 0 Å². The van der Waals surface area contributed by atoms with Crippen molar-refractivity contribution in [3.63, 3.8) is 0 Å². The van der Waals surface area contributed by atoms with Crippen molar-refractivity contribution in [1.82, 2.24) is 0 Å². The smallest absolute Gasteiger partial charge is 0.159 e. The van der Waals surface area contributed by atoms with Crippen LogP contribution in [0.25, 0.3) is 0 Å². The minimum absolute atomic E-state index is 0.125. The second-order valence-corrected chi connectivity index (χ2v) is 19.7. The molecule has 0 amide bonds. The lowest BCUT2D eigenvalue weighted by atomic mass is 9.35. The number of ketones is 2. The zero-order chi connectivity index (χ0) is 38.0. The largest absolute Gasteiger partial charge is 0.508 e. The average Bonchev–Trinajstić information content (AvgIpc) is 3.39. The predicted octanol–water partition coefficient (Wildman–Crippen LogP) is 8.39. The van der Waals surface area contributed by atoms with E-state index < -0.39 is 28.6 Å². The lowest BCUT2D eigenvalue weighted by Crippen LogP contribution is -2.67.